The number of Topliss-reactive ketones (excluding diaryl/α,β-unsaturated/α-hetero) is 1. The molecule has 0 spiro atoms. The maximum atomic E-state index is 12.0. The number of carbonyl (C=O) groups is 1. The van der Waals surface area contributed by atoms with Gasteiger partial charge in [0, 0.05) is 50.1 Å². The van der Waals surface area contributed by atoms with Crippen LogP contribution in [0.25, 0.3) is 0 Å². The summed E-state index contributed by atoms with van der Waals surface area (Å²) in [5.74, 6) is 0.197. The maximum absolute atomic E-state index is 12.0. The molecule has 0 aromatic carbocycles. The van der Waals surface area contributed by atoms with Crippen molar-refractivity contribution < 1.29 is 4.79 Å². The Hall–Kier alpha value is -1.26. The zero-order valence-corrected chi connectivity index (χ0v) is 9.52. The highest BCUT2D eigenvalue weighted by Gasteiger charge is 2.21. The number of likely N-dealkylation sites (N-methyl/N-ethyl adjacent to an activating group) is 1. The van der Waals surface area contributed by atoms with Gasteiger partial charge in [-0.05, 0) is 19.2 Å². The van der Waals surface area contributed by atoms with Gasteiger partial charge in [-0.25, -0.2) is 0 Å². The van der Waals surface area contributed by atoms with E-state index in [4.69, 9.17) is 0 Å². The van der Waals surface area contributed by atoms with E-state index >= 15 is 0 Å². The first-order chi connectivity index (χ1) is 7.77. The summed E-state index contributed by atoms with van der Waals surface area (Å²) in [6.07, 6.45) is 3.90. The number of nitrogens with one attached hydrogen (secondary N) is 1. The lowest BCUT2D eigenvalue weighted by atomic mass is 10.0. The van der Waals surface area contributed by atoms with Gasteiger partial charge in [0.15, 0.2) is 5.78 Å². The van der Waals surface area contributed by atoms with Crippen molar-refractivity contribution in [1.29, 1.82) is 0 Å². The van der Waals surface area contributed by atoms with Crippen molar-refractivity contribution in [3.63, 3.8) is 0 Å². The number of pyridine rings is 1. The summed E-state index contributed by atoms with van der Waals surface area (Å²) < 4.78 is 0. The zero-order valence-electron chi connectivity index (χ0n) is 9.52. The molecule has 0 bridgehead atoms. The van der Waals surface area contributed by atoms with Crippen molar-refractivity contribution in [3.05, 3.63) is 30.1 Å². The van der Waals surface area contributed by atoms with Gasteiger partial charge >= 0.3 is 0 Å². The number of carbonyl (C=O) groups excluding carboxylic acids is 1. The highest BCUT2D eigenvalue weighted by atomic mass is 16.1. The van der Waals surface area contributed by atoms with E-state index in [2.05, 4.69) is 22.2 Å². The van der Waals surface area contributed by atoms with Crippen molar-refractivity contribution in [2.45, 2.75) is 12.5 Å². The lowest BCUT2D eigenvalue weighted by Crippen LogP contribution is -2.49. The lowest BCUT2D eigenvalue weighted by molar-refractivity contribution is 0.0917. The Morgan fingerprint density at radius 1 is 1.56 bits per heavy atom. The summed E-state index contributed by atoms with van der Waals surface area (Å²) in [7, 11) is 2.07. The van der Waals surface area contributed by atoms with Crippen LogP contribution in [0.3, 0.4) is 0 Å². The maximum Gasteiger partial charge on any atom is 0.164 e. The summed E-state index contributed by atoms with van der Waals surface area (Å²) in [6, 6.07) is 3.87. The molecule has 1 unspecified atom stereocenters. The van der Waals surface area contributed by atoms with Crippen molar-refractivity contribution >= 4 is 5.78 Å². The number of hydrogen-bond donors (Lipinski definition) is 1. The van der Waals surface area contributed by atoms with Crippen LogP contribution in [-0.2, 0) is 0 Å². The van der Waals surface area contributed by atoms with Gasteiger partial charge in [0.1, 0.15) is 0 Å². The van der Waals surface area contributed by atoms with Crippen LogP contribution in [-0.4, -0.2) is 48.4 Å². The number of piperazine rings is 1. The summed E-state index contributed by atoms with van der Waals surface area (Å²) in [5.41, 5.74) is 0.758. The van der Waals surface area contributed by atoms with E-state index in [0.29, 0.717) is 12.5 Å². The van der Waals surface area contributed by atoms with E-state index in [1.54, 1.807) is 24.5 Å². The second-order valence-electron chi connectivity index (χ2n) is 4.20. The fourth-order valence-electron chi connectivity index (χ4n) is 1.96. The van der Waals surface area contributed by atoms with Crippen LogP contribution in [0.5, 0.6) is 0 Å². The van der Waals surface area contributed by atoms with Crippen molar-refractivity contribution in [2.24, 2.45) is 0 Å². The van der Waals surface area contributed by atoms with Crippen molar-refractivity contribution in [1.82, 2.24) is 15.2 Å². The molecule has 0 aliphatic carbocycles. The molecule has 4 nitrogen and oxygen atoms in total. The van der Waals surface area contributed by atoms with E-state index in [0.717, 1.165) is 25.2 Å². The standard InChI is InChI=1S/C12H17N3O/c1-15-7-6-14-9-11(15)8-12(16)10-2-4-13-5-3-10/h2-5,11,14H,6-9H2,1H3. The van der Waals surface area contributed by atoms with Crippen molar-refractivity contribution in [3.8, 4) is 0 Å². The number of rotatable bonds is 3. The predicted molar refractivity (Wildman–Crippen MR) is 62.5 cm³/mol. The van der Waals surface area contributed by atoms with E-state index in [1.165, 1.54) is 0 Å². The van der Waals surface area contributed by atoms with Crippen LogP contribution < -0.4 is 5.32 Å². The Morgan fingerprint density at radius 3 is 3.00 bits per heavy atom. The molecule has 1 atom stereocenters. The molecular formula is C12H17N3O. The van der Waals surface area contributed by atoms with Crippen LogP contribution in [0, 0.1) is 0 Å². The summed E-state index contributed by atoms with van der Waals surface area (Å²) in [4.78, 5) is 18.1. The van der Waals surface area contributed by atoms with Gasteiger partial charge in [0.25, 0.3) is 0 Å². The molecule has 1 fully saturated rings. The number of aromatic nitrogens is 1. The number of nitrogens with zero attached hydrogens (tertiary/aromatic N) is 2. The van der Waals surface area contributed by atoms with Crippen LogP contribution in [0.1, 0.15) is 16.8 Å². The molecule has 1 N–H and O–H groups in total. The third-order valence-corrected chi connectivity index (χ3v) is 3.07. The Balaban J connectivity index is 1.96. The first kappa shape index (κ1) is 11.2. The van der Waals surface area contributed by atoms with Crippen LogP contribution in [0.2, 0.25) is 0 Å². The first-order valence-electron chi connectivity index (χ1n) is 5.61. The van der Waals surface area contributed by atoms with Gasteiger partial charge in [-0.15, -0.1) is 0 Å². The van der Waals surface area contributed by atoms with Gasteiger partial charge < -0.3 is 10.2 Å². The Bertz CT molecular complexity index is 353. The molecule has 2 rings (SSSR count). The normalized spacial score (nSPS) is 21.9. The summed E-state index contributed by atoms with van der Waals surface area (Å²) in [6.45, 7) is 2.91. The highest BCUT2D eigenvalue weighted by Crippen LogP contribution is 2.09. The van der Waals surface area contributed by atoms with Gasteiger partial charge in [0.05, 0.1) is 0 Å². The molecule has 1 aliphatic heterocycles. The molecule has 1 aromatic heterocycles. The molecule has 2 heterocycles. The molecule has 1 aliphatic rings. The molecule has 1 aromatic rings. The third kappa shape index (κ3) is 2.65. The quantitative estimate of drug-likeness (QED) is 0.754. The minimum atomic E-state index is 0.197. The molecule has 16 heavy (non-hydrogen) atoms. The van der Waals surface area contributed by atoms with E-state index in [1.807, 2.05) is 0 Å². The minimum absolute atomic E-state index is 0.197. The van der Waals surface area contributed by atoms with Crippen LogP contribution in [0.15, 0.2) is 24.5 Å². The minimum Gasteiger partial charge on any atom is -0.314 e. The monoisotopic (exact) mass is 219 g/mol. The smallest absolute Gasteiger partial charge is 0.164 e. The molecule has 1 saturated heterocycles. The summed E-state index contributed by atoms with van der Waals surface area (Å²) >= 11 is 0. The third-order valence-electron chi connectivity index (χ3n) is 3.07. The van der Waals surface area contributed by atoms with Gasteiger partial charge in [-0.2, -0.15) is 0 Å². The lowest BCUT2D eigenvalue weighted by Gasteiger charge is -2.32. The largest absolute Gasteiger partial charge is 0.314 e. The van der Waals surface area contributed by atoms with Crippen LogP contribution in [0.4, 0.5) is 0 Å². The number of hydrogen-bond acceptors (Lipinski definition) is 4. The molecule has 86 valence electrons. The molecule has 0 radical (unpaired) electrons. The Kier molecular flexibility index (Phi) is 3.64. The Labute approximate surface area is 95.7 Å². The average Bonchev–Trinajstić information content (AvgIpc) is 2.33. The van der Waals surface area contributed by atoms with Crippen molar-refractivity contribution in [2.75, 3.05) is 26.7 Å². The predicted octanol–water partition coefficient (Wildman–Crippen LogP) is 0.558. The van der Waals surface area contributed by atoms with E-state index < -0.39 is 0 Å². The van der Waals surface area contributed by atoms with Crippen LogP contribution >= 0.6 is 0 Å². The molecule has 4 heteroatoms. The van der Waals surface area contributed by atoms with E-state index in [9.17, 15) is 4.79 Å². The van der Waals surface area contributed by atoms with Gasteiger partial charge in [0.2, 0.25) is 0 Å². The highest BCUT2D eigenvalue weighted by molar-refractivity contribution is 5.96. The SMILES string of the molecule is CN1CCNCC1CC(=O)c1ccncc1. The molecule has 0 saturated carbocycles. The second-order valence-corrected chi connectivity index (χ2v) is 4.20. The zero-order chi connectivity index (χ0) is 11.4. The topological polar surface area (TPSA) is 45.2 Å². The summed E-state index contributed by atoms with van der Waals surface area (Å²) in [5, 5.41) is 3.32. The fraction of sp³-hybridized carbons (Fsp3) is 0.500. The fourth-order valence-corrected chi connectivity index (χ4v) is 1.96. The first-order valence-corrected chi connectivity index (χ1v) is 5.61. The average molecular weight is 219 g/mol. The van der Waals surface area contributed by atoms with Gasteiger partial charge in [-0.1, -0.05) is 0 Å². The molecule has 0 amide bonds. The van der Waals surface area contributed by atoms with E-state index in [-0.39, 0.29) is 5.78 Å². The Morgan fingerprint density at radius 2 is 2.31 bits per heavy atom. The second kappa shape index (κ2) is 5.18. The van der Waals surface area contributed by atoms with Gasteiger partial charge in [-0.3, -0.25) is 9.78 Å². The molecular weight excluding hydrogens is 202 g/mol. The number of ketones is 1.